The standard InChI is InChI=1S/C25H23ClN4O2S/c1-3-32-21-16-10-9-15-20(21)27-24(31)22(17-11-5-4-6-12-17)33-25-29-28-23(30(25)2)18-13-7-8-14-19(18)26/h4-16,22H,3H2,1-2H3,(H,27,31). The number of hydrogen-bond donors (Lipinski definition) is 1. The van der Waals surface area contributed by atoms with Crippen LogP contribution in [-0.4, -0.2) is 27.3 Å². The van der Waals surface area contributed by atoms with Crippen molar-refractivity contribution in [2.24, 2.45) is 7.05 Å². The van der Waals surface area contributed by atoms with Crippen molar-refractivity contribution in [1.82, 2.24) is 14.8 Å². The minimum atomic E-state index is -0.553. The molecular formula is C25H23ClN4O2S. The Balaban J connectivity index is 1.65. The Morgan fingerprint density at radius 1 is 1.03 bits per heavy atom. The molecule has 8 heteroatoms. The van der Waals surface area contributed by atoms with E-state index in [0.29, 0.717) is 34.0 Å². The van der Waals surface area contributed by atoms with E-state index in [1.54, 1.807) is 0 Å². The van der Waals surface area contributed by atoms with Crippen LogP contribution in [0.5, 0.6) is 5.75 Å². The molecule has 0 bridgehead atoms. The monoisotopic (exact) mass is 478 g/mol. The first-order valence-electron chi connectivity index (χ1n) is 10.5. The zero-order valence-electron chi connectivity index (χ0n) is 18.2. The molecule has 0 fully saturated rings. The van der Waals surface area contributed by atoms with Gasteiger partial charge < -0.3 is 14.6 Å². The Bertz CT molecular complexity index is 1250. The molecule has 1 N–H and O–H groups in total. The van der Waals surface area contributed by atoms with Crippen LogP contribution >= 0.6 is 23.4 Å². The maximum absolute atomic E-state index is 13.5. The molecule has 1 amide bonds. The zero-order valence-corrected chi connectivity index (χ0v) is 19.8. The van der Waals surface area contributed by atoms with Crippen molar-refractivity contribution in [3.63, 3.8) is 0 Å². The molecule has 4 aromatic rings. The van der Waals surface area contributed by atoms with Gasteiger partial charge in [-0.15, -0.1) is 10.2 Å². The van der Waals surface area contributed by atoms with Gasteiger partial charge in [-0.2, -0.15) is 0 Å². The van der Waals surface area contributed by atoms with E-state index >= 15 is 0 Å². The first-order valence-corrected chi connectivity index (χ1v) is 11.7. The fraction of sp³-hybridized carbons (Fsp3) is 0.160. The lowest BCUT2D eigenvalue weighted by Gasteiger charge is -2.18. The summed E-state index contributed by atoms with van der Waals surface area (Å²) in [5.41, 5.74) is 2.27. The van der Waals surface area contributed by atoms with Crippen molar-refractivity contribution >= 4 is 35.0 Å². The number of nitrogens with zero attached hydrogens (tertiary/aromatic N) is 3. The number of thioether (sulfide) groups is 1. The SMILES string of the molecule is CCOc1ccccc1NC(=O)C(Sc1nnc(-c2ccccc2Cl)n1C)c1ccccc1. The number of aromatic nitrogens is 3. The van der Waals surface area contributed by atoms with Gasteiger partial charge in [0.1, 0.15) is 11.0 Å². The number of nitrogens with one attached hydrogen (secondary N) is 1. The van der Waals surface area contributed by atoms with Gasteiger partial charge in [-0.25, -0.2) is 0 Å². The Morgan fingerprint density at radius 3 is 2.48 bits per heavy atom. The number of ether oxygens (including phenoxy) is 1. The van der Waals surface area contributed by atoms with Crippen LogP contribution in [0, 0.1) is 0 Å². The fourth-order valence-corrected chi connectivity index (χ4v) is 4.57. The lowest BCUT2D eigenvalue weighted by atomic mass is 10.1. The Kier molecular flexibility index (Phi) is 7.32. The molecule has 0 aliphatic carbocycles. The third kappa shape index (κ3) is 5.21. The van der Waals surface area contributed by atoms with Crippen LogP contribution < -0.4 is 10.1 Å². The molecule has 0 saturated heterocycles. The molecule has 1 aromatic heterocycles. The third-order valence-electron chi connectivity index (χ3n) is 4.96. The summed E-state index contributed by atoms with van der Waals surface area (Å²) in [6.07, 6.45) is 0. The van der Waals surface area contributed by atoms with Crippen molar-refractivity contribution in [2.75, 3.05) is 11.9 Å². The zero-order chi connectivity index (χ0) is 23.2. The molecule has 0 saturated carbocycles. The molecule has 1 heterocycles. The normalized spacial score (nSPS) is 11.7. The summed E-state index contributed by atoms with van der Waals surface area (Å²) >= 11 is 7.69. The fourth-order valence-electron chi connectivity index (χ4n) is 3.35. The van der Waals surface area contributed by atoms with E-state index < -0.39 is 5.25 Å². The molecular weight excluding hydrogens is 456 g/mol. The van der Waals surface area contributed by atoms with Gasteiger partial charge in [0.05, 0.1) is 17.3 Å². The predicted octanol–water partition coefficient (Wildman–Crippen LogP) is 6.01. The minimum Gasteiger partial charge on any atom is -0.492 e. The van der Waals surface area contributed by atoms with Crippen LogP contribution in [0.2, 0.25) is 5.02 Å². The molecule has 4 rings (SSSR count). The van der Waals surface area contributed by atoms with Crippen molar-refractivity contribution in [3.8, 4) is 17.1 Å². The predicted molar refractivity (Wildman–Crippen MR) is 133 cm³/mol. The second-order valence-corrected chi connectivity index (χ2v) is 8.65. The van der Waals surface area contributed by atoms with Crippen LogP contribution in [0.3, 0.4) is 0 Å². The molecule has 1 atom stereocenters. The van der Waals surface area contributed by atoms with Gasteiger partial charge in [0.15, 0.2) is 11.0 Å². The molecule has 3 aromatic carbocycles. The second kappa shape index (κ2) is 10.6. The van der Waals surface area contributed by atoms with Crippen molar-refractivity contribution < 1.29 is 9.53 Å². The van der Waals surface area contributed by atoms with Gasteiger partial charge in [0, 0.05) is 12.6 Å². The summed E-state index contributed by atoms with van der Waals surface area (Å²) in [5, 5.41) is 12.3. The van der Waals surface area contributed by atoms with Crippen molar-refractivity contribution in [1.29, 1.82) is 0 Å². The van der Waals surface area contributed by atoms with Gasteiger partial charge in [-0.3, -0.25) is 4.79 Å². The molecule has 0 aliphatic rings. The lowest BCUT2D eigenvalue weighted by molar-refractivity contribution is -0.115. The van der Waals surface area contributed by atoms with Crippen LogP contribution in [0.15, 0.2) is 84.0 Å². The smallest absolute Gasteiger partial charge is 0.242 e. The van der Waals surface area contributed by atoms with E-state index in [1.807, 2.05) is 97.4 Å². The topological polar surface area (TPSA) is 69.0 Å². The quantitative estimate of drug-likeness (QED) is 0.314. The van der Waals surface area contributed by atoms with Crippen LogP contribution in [0.4, 0.5) is 5.69 Å². The number of anilines is 1. The van der Waals surface area contributed by atoms with Crippen LogP contribution in [0.25, 0.3) is 11.4 Å². The summed E-state index contributed by atoms with van der Waals surface area (Å²) in [5.74, 6) is 1.09. The second-order valence-electron chi connectivity index (χ2n) is 7.17. The largest absolute Gasteiger partial charge is 0.492 e. The highest BCUT2D eigenvalue weighted by molar-refractivity contribution is 8.00. The van der Waals surface area contributed by atoms with Gasteiger partial charge >= 0.3 is 0 Å². The average Bonchev–Trinajstić information content (AvgIpc) is 3.19. The number of rotatable bonds is 8. The van der Waals surface area contributed by atoms with Gasteiger partial charge in [0.2, 0.25) is 5.91 Å². The summed E-state index contributed by atoms with van der Waals surface area (Å²) in [6, 6.07) is 24.5. The van der Waals surface area contributed by atoms with E-state index in [0.717, 1.165) is 11.1 Å². The first kappa shape index (κ1) is 22.9. The van der Waals surface area contributed by atoms with E-state index in [-0.39, 0.29) is 5.91 Å². The summed E-state index contributed by atoms with van der Waals surface area (Å²) < 4.78 is 7.51. The minimum absolute atomic E-state index is 0.180. The number of carbonyl (C=O) groups excluding carboxylic acids is 1. The Hall–Kier alpha value is -3.29. The summed E-state index contributed by atoms with van der Waals surface area (Å²) in [6.45, 7) is 2.42. The third-order valence-corrected chi connectivity index (χ3v) is 6.58. The highest BCUT2D eigenvalue weighted by Crippen LogP contribution is 2.38. The van der Waals surface area contributed by atoms with Crippen molar-refractivity contribution in [3.05, 3.63) is 89.4 Å². The first-order chi connectivity index (χ1) is 16.1. The maximum Gasteiger partial charge on any atom is 0.242 e. The number of benzene rings is 3. The molecule has 0 aliphatic heterocycles. The number of para-hydroxylation sites is 2. The average molecular weight is 479 g/mol. The Labute approximate surface area is 202 Å². The number of carbonyl (C=O) groups is 1. The number of halogens is 1. The Morgan fingerprint density at radius 2 is 1.73 bits per heavy atom. The molecule has 0 radical (unpaired) electrons. The van der Waals surface area contributed by atoms with E-state index in [4.69, 9.17) is 16.3 Å². The molecule has 0 spiro atoms. The molecule has 33 heavy (non-hydrogen) atoms. The lowest BCUT2D eigenvalue weighted by Crippen LogP contribution is -2.20. The highest BCUT2D eigenvalue weighted by atomic mass is 35.5. The highest BCUT2D eigenvalue weighted by Gasteiger charge is 2.26. The van der Waals surface area contributed by atoms with Gasteiger partial charge in [-0.05, 0) is 36.8 Å². The van der Waals surface area contributed by atoms with E-state index in [9.17, 15) is 4.79 Å². The number of hydrogen-bond acceptors (Lipinski definition) is 5. The molecule has 168 valence electrons. The maximum atomic E-state index is 13.5. The summed E-state index contributed by atoms with van der Waals surface area (Å²) in [4.78, 5) is 13.5. The van der Waals surface area contributed by atoms with E-state index in [1.165, 1.54) is 11.8 Å². The van der Waals surface area contributed by atoms with Crippen LogP contribution in [0.1, 0.15) is 17.7 Å². The van der Waals surface area contributed by atoms with E-state index in [2.05, 4.69) is 15.5 Å². The summed E-state index contributed by atoms with van der Waals surface area (Å²) in [7, 11) is 1.87. The van der Waals surface area contributed by atoms with Crippen molar-refractivity contribution in [2.45, 2.75) is 17.3 Å². The van der Waals surface area contributed by atoms with Crippen LogP contribution in [-0.2, 0) is 11.8 Å². The molecule has 6 nitrogen and oxygen atoms in total. The number of amides is 1. The van der Waals surface area contributed by atoms with Gasteiger partial charge in [-0.1, -0.05) is 78.0 Å². The molecule has 1 unspecified atom stereocenters. The van der Waals surface area contributed by atoms with Gasteiger partial charge in [0.25, 0.3) is 0 Å².